The van der Waals surface area contributed by atoms with Crippen molar-refractivity contribution < 1.29 is 18.0 Å². The predicted molar refractivity (Wildman–Crippen MR) is 135 cm³/mol. The number of anilines is 2. The number of aromatic nitrogens is 3. The van der Waals surface area contributed by atoms with Crippen LogP contribution >= 0.6 is 0 Å². The molecule has 1 saturated heterocycles. The maximum absolute atomic E-state index is 13.3. The molecule has 11 heteroatoms. The van der Waals surface area contributed by atoms with E-state index in [1.807, 2.05) is 30.3 Å². The number of hydrogen-bond acceptors (Lipinski definition) is 7. The Hall–Kier alpha value is -3.73. The second-order valence-corrected chi connectivity index (χ2v) is 11.2. The minimum atomic E-state index is -3.85. The van der Waals surface area contributed by atoms with Gasteiger partial charge < -0.3 is 15.1 Å². The standard InChI is InChI=1S/C25H28N6O4S/c1-29-21-14-19(30-12-6-3-7-13-30)10-11-22(21)36(34,35)16-20(25(29)33)27-24(32)23-26-17-31(28-23)15-18-8-4-2-5-9-18/h2,4-5,8-11,14,17,20H,3,6-7,12-13,15-16H2,1H3,(H,27,32)/t20-/m0/s1. The lowest BCUT2D eigenvalue weighted by atomic mass is 10.1. The summed E-state index contributed by atoms with van der Waals surface area (Å²) in [6, 6.07) is 13.4. The maximum Gasteiger partial charge on any atom is 0.291 e. The van der Waals surface area contributed by atoms with E-state index < -0.39 is 33.4 Å². The Kier molecular flexibility index (Phi) is 6.48. The van der Waals surface area contributed by atoms with Gasteiger partial charge in [0.2, 0.25) is 11.7 Å². The number of carbonyl (C=O) groups excluding carboxylic acids is 2. The van der Waals surface area contributed by atoms with Gasteiger partial charge in [-0.3, -0.25) is 9.59 Å². The maximum atomic E-state index is 13.3. The Labute approximate surface area is 209 Å². The average molecular weight is 509 g/mol. The lowest BCUT2D eigenvalue weighted by molar-refractivity contribution is -0.119. The van der Waals surface area contributed by atoms with Gasteiger partial charge in [-0.2, -0.15) is 0 Å². The summed E-state index contributed by atoms with van der Waals surface area (Å²) in [5, 5.41) is 6.73. The molecule has 0 saturated carbocycles. The van der Waals surface area contributed by atoms with E-state index in [-0.39, 0.29) is 10.7 Å². The summed E-state index contributed by atoms with van der Waals surface area (Å²) in [6.45, 7) is 2.22. The molecule has 1 fully saturated rings. The molecular formula is C25H28N6O4S. The highest BCUT2D eigenvalue weighted by Crippen LogP contribution is 2.34. The molecule has 1 N–H and O–H groups in total. The van der Waals surface area contributed by atoms with Crippen LogP contribution in [0.25, 0.3) is 0 Å². The summed E-state index contributed by atoms with van der Waals surface area (Å²) < 4.78 is 28.0. The number of nitrogens with one attached hydrogen (secondary N) is 1. The average Bonchev–Trinajstić information content (AvgIpc) is 3.34. The zero-order valence-electron chi connectivity index (χ0n) is 20.0. The molecule has 10 nitrogen and oxygen atoms in total. The molecule has 1 atom stereocenters. The molecule has 0 unspecified atom stereocenters. The number of likely N-dealkylation sites (N-methyl/N-ethyl adjacent to an activating group) is 1. The van der Waals surface area contributed by atoms with E-state index in [4.69, 9.17) is 0 Å². The molecule has 3 aromatic rings. The zero-order chi connectivity index (χ0) is 25.3. The number of hydrogen-bond donors (Lipinski definition) is 1. The van der Waals surface area contributed by atoms with Crippen LogP contribution in [0.5, 0.6) is 0 Å². The van der Waals surface area contributed by atoms with Crippen molar-refractivity contribution >= 4 is 33.0 Å². The van der Waals surface area contributed by atoms with Crippen LogP contribution in [0.15, 0.2) is 59.8 Å². The molecule has 1 aromatic heterocycles. The Morgan fingerprint density at radius 3 is 2.58 bits per heavy atom. The fraction of sp³-hybridized carbons (Fsp3) is 0.360. The Bertz CT molecular complexity index is 1380. The van der Waals surface area contributed by atoms with Crippen LogP contribution in [0.3, 0.4) is 0 Å². The normalized spacial score (nSPS) is 19.5. The van der Waals surface area contributed by atoms with Crippen molar-refractivity contribution in [2.75, 3.05) is 35.7 Å². The van der Waals surface area contributed by atoms with Crippen LogP contribution in [-0.2, 0) is 21.2 Å². The summed E-state index contributed by atoms with van der Waals surface area (Å²) in [5.74, 6) is -1.88. The molecule has 0 aliphatic carbocycles. The van der Waals surface area contributed by atoms with Crippen molar-refractivity contribution in [1.29, 1.82) is 0 Å². The van der Waals surface area contributed by atoms with Crippen molar-refractivity contribution in [2.45, 2.75) is 36.7 Å². The van der Waals surface area contributed by atoms with Gasteiger partial charge in [-0.25, -0.2) is 18.1 Å². The quantitative estimate of drug-likeness (QED) is 0.559. The van der Waals surface area contributed by atoms with E-state index >= 15 is 0 Å². The molecule has 0 spiro atoms. The van der Waals surface area contributed by atoms with Crippen molar-refractivity contribution in [1.82, 2.24) is 20.1 Å². The van der Waals surface area contributed by atoms with Crippen molar-refractivity contribution in [3.8, 4) is 0 Å². The predicted octanol–water partition coefficient (Wildman–Crippen LogP) is 1.87. The van der Waals surface area contributed by atoms with E-state index in [2.05, 4.69) is 20.3 Å². The second kappa shape index (κ2) is 9.73. The Balaban J connectivity index is 1.35. The van der Waals surface area contributed by atoms with Crippen molar-refractivity contribution in [3.05, 3.63) is 66.2 Å². The third kappa shape index (κ3) is 4.83. The molecule has 36 heavy (non-hydrogen) atoms. The Morgan fingerprint density at radius 2 is 1.83 bits per heavy atom. The largest absolute Gasteiger partial charge is 0.371 e. The number of amides is 2. The van der Waals surface area contributed by atoms with Gasteiger partial charge in [0.1, 0.15) is 12.4 Å². The molecule has 2 aliphatic heterocycles. The van der Waals surface area contributed by atoms with E-state index in [0.717, 1.165) is 37.2 Å². The first-order valence-corrected chi connectivity index (χ1v) is 13.6. The first-order valence-electron chi connectivity index (χ1n) is 12.0. The number of piperidine rings is 1. The molecule has 3 heterocycles. The van der Waals surface area contributed by atoms with E-state index in [0.29, 0.717) is 12.2 Å². The highest BCUT2D eigenvalue weighted by Gasteiger charge is 2.38. The molecular weight excluding hydrogens is 480 g/mol. The van der Waals surface area contributed by atoms with E-state index in [1.165, 1.54) is 29.4 Å². The molecule has 2 aliphatic rings. The van der Waals surface area contributed by atoms with Gasteiger partial charge in [0.05, 0.1) is 22.9 Å². The third-order valence-corrected chi connectivity index (χ3v) is 8.39. The van der Waals surface area contributed by atoms with Crippen LogP contribution < -0.4 is 15.1 Å². The van der Waals surface area contributed by atoms with Gasteiger partial charge >= 0.3 is 0 Å². The molecule has 5 rings (SSSR count). The topological polar surface area (TPSA) is 117 Å². The lowest BCUT2D eigenvalue weighted by Crippen LogP contribution is -2.49. The van der Waals surface area contributed by atoms with Crippen LogP contribution in [0.2, 0.25) is 0 Å². The smallest absolute Gasteiger partial charge is 0.291 e. The highest BCUT2D eigenvalue weighted by atomic mass is 32.2. The van der Waals surface area contributed by atoms with Crippen LogP contribution in [0.1, 0.15) is 35.4 Å². The Morgan fingerprint density at radius 1 is 1.08 bits per heavy atom. The lowest BCUT2D eigenvalue weighted by Gasteiger charge is -2.30. The minimum absolute atomic E-state index is 0.0844. The van der Waals surface area contributed by atoms with E-state index in [9.17, 15) is 18.0 Å². The van der Waals surface area contributed by atoms with Crippen LogP contribution in [0.4, 0.5) is 11.4 Å². The van der Waals surface area contributed by atoms with Gasteiger partial charge in [0.15, 0.2) is 9.84 Å². The zero-order valence-corrected chi connectivity index (χ0v) is 20.8. The third-order valence-electron chi connectivity index (χ3n) is 6.61. The number of nitrogens with zero attached hydrogens (tertiary/aromatic N) is 5. The van der Waals surface area contributed by atoms with Crippen molar-refractivity contribution in [2.24, 2.45) is 0 Å². The number of rotatable bonds is 5. The highest BCUT2D eigenvalue weighted by molar-refractivity contribution is 7.91. The minimum Gasteiger partial charge on any atom is -0.371 e. The molecule has 0 radical (unpaired) electrons. The summed E-state index contributed by atoms with van der Waals surface area (Å²) in [7, 11) is -2.31. The summed E-state index contributed by atoms with van der Waals surface area (Å²) in [5.41, 5.74) is 2.20. The van der Waals surface area contributed by atoms with E-state index in [1.54, 1.807) is 18.2 Å². The first kappa shape index (κ1) is 24.0. The SMILES string of the molecule is CN1C(=O)[C@@H](NC(=O)c2ncn(Cc3ccccc3)n2)CS(=O)(=O)c2ccc(N3CCCCC3)cc21. The number of sulfone groups is 1. The van der Waals surface area contributed by atoms with Crippen LogP contribution in [0, 0.1) is 0 Å². The number of benzene rings is 2. The van der Waals surface area contributed by atoms with Gasteiger partial charge in [-0.15, -0.1) is 5.10 Å². The van der Waals surface area contributed by atoms with Gasteiger partial charge in [0.25, 0.3) is 5.91 Å². The summed E-state index contributed by atoms with van der Waals surface area (Å²) in [4.78, 5) is 33.8. The van der Waals surface area contributed by atoms with Crippen LogP contribution in [-0.4, -0.2) is 66.9 Å². The van der Waals surface area contributed by atoms with Crippen molar-refractivity contribution in [3.63, 3.8) is 0 Å². The molecule has 2 amide bonds. The van der Waals surface area contributed by atoms with Gasteiger partial charge in [-0.05, 0) is 43.0 Å². The van der Waals surface area contributed by atoms with Gasteiger partial charge in [-0.1, -0.05) is 30.3 Å². The molecule has 0 bridgehead atoms. The molecule has 2 aromatic carbocycles. The summed E-state index contributed by atoms with van der Waals surface area (Å²) in [6.07, 6.45) is 4.76. The number of carbonyl (C=O) groups is 2. The molecule has 188 valence electrons. The second-order valence-electron chi connectivity index (χ2n) is 9.16. The fourth-order valence-corrected chi connectivity index (χ4v) is 6.32. The monoisotopic (exact) mass is 508 g/mol. The fourth-order valence-electron chi connectivity index (χ4n) is 4.68. The van der Waals surface area contributed by atoms with Gasteiger partial charge in [0, 0.05) is 25.8 Å². The summed E-state index contributed by atoms with van der Waals surface area (Å²) >= 11 is 0. The first-order chi connectivity index (χ1) is 17.3. The number of fused-ring (bicyclic) bond motifs is 1.